The Hall–Kier alpha value is -2.62. The molecule has 114 valence electrons. The van der Waals surface area contributed by atoms with E-state index in [1.54, 1.807) is 13.0 Å². The standard InChI is InChI=1S/C18H19NO3/c1-5-13-14(6-2)19(3)16(12-10-8-7-9-11-12)15(17(13)20)18(21)22-4/h5-11H,1-4H3/b13-5+,14-6+. The van der Waals surface area contributed by atoms with Crippen molar-refractivity contribution in [1.29, 1.82) is 0 Å². The fourth-order valence-electron chi connectivity index (χ4n) is 2.68. The van der Waals surface area contributed by atoms with Crippen LogP contribution in [0.4, 0.5) is 0 Å². The summed E-state index contributed by atoms with van der Waals surface area (Å²) in [4.78, 5) is 24.9. The molecule has 22 heavy (non-hydrogen) atoms. The summed E-state index contributed by atoms with van der Waals surface area (Å²) < 4.78 is 6.69. The number of carbonyl (C=O) groups excluding carboxylic acids is 1. The molecule has 4 nitrogen and oxygen atoms in total. The van der Waals surface area contributed by atoms with Crippen molar-refractivity contribution < 1.29 is 9.53 Å². The third-order valence-electron chi connectivity index (χ3n) is 3.68. The number of rotatable bonds is 2. The molecule has 4 heteroatoms. The fraction of sp³-hybridized carbons (Fsp3) is 0.222. The third-order valence-corrected chi connectivity index (χ3v) is 3.68. The number of hydrogen-bond donors (Lipinski definition) is 0. The van der Waals surface area contributed by atoms with Gasteiger partial charge in [0.25, 0.3) is 0 Å². The van der Waals surface area contributed by atoms with E-state index in [-0.39, 0.29) is 11.0 Å². The average molecular weight is 297 g/mol. The highest BCUT2D eigenvalue weighted by atomic mass is 16.5. The molecular weight excluding hydrogens is 278 g/mol. The first kappa shape index (κ1) is 15.8. The van der Waals surface area contributed by atoms with Crippen LogP contribution in [0.15, 0.2) is 35.1 Å². The maximum Gasteiger partial charge on any atom is 0.344 e. The highest BCUT2D eigenvalue weighted by molar-refractivity contribution is 5.96. The number of ether oxygens (including phenoxy) is 1. The van der Waals surface area contributed by atoms with Crippen molar-refractivity contribution in [1.82, 2.24) is 4.57 Å². The quantitative estimate of drug-likeness (QED) is 0.788. The Morgan fingerprint density at radius 1 is 1.14 bits per heavy atom. The van der Waals surface area contributed by atoms with Gasteiger partial charge in [-0.05, 0) is 19.4 Å². The van der Waals surface area contributed by atoms with Crippen LogP contribution in [-0.4, -0.2) is 17.6 Å². The van der Waals surface area contributed by atoms with E-state index in [2.05, 4.69) is 0 Å². The molecule has 0 bridgehead atoms. The van der Waals surface area contributed by atoms with Crippen molar-refractivity contribution in [3.05, 3.63) is 56.7 Å². The van der Waals surface area contributed by atoms with Crippen LogP contribution < -0.4 is 16.0 Å². The second kappa shape index (κ2) is 6.43. The van der Waals surface area contributed by atoms with Gasteiger partial charge in [0.1, 0.15) is 5.56 Å². The first-order valence-electron chi connectivity index (χ1n) is 7.06. The molecule has 1 aromatic heterocycles. The number of aromatic nitrogens is 1. The number of methoxy groups -OCH3 is 1. The van der Waals surface area contributed by atoms with E-state index < -0.39 is 5.97 Å². The van der Waals surface area contributed by atoms with E-state index in [0.717, 1.165) is 10.9 Å². The number of carbonyl (C=O) groups is 1. The summed E-state index contributed by atoms with van der Waals surface area (Å²) in [6.45, 7) is 3.65. The van der Waals surface area contributed by atoms with Crippen molar-refractivity contribution in [3.63, 3.8) is 0 Å². The van der Waals surface area contributed by atoms with E-state index in [9.17, 15) is 9.59 Å². The van der Waals surface area contributed by atoms with Crippen LogP contribution in [0.2, 0.25) is 0 Å². The summed E-state index contributed by atoms with van der Waals surface area (Å²) in [6, 6.07) is 9.37. The van der Waals surface area contributed by atoms with Crippen molar-refractivity contribution in [2.75, 3.05) is 7.11 Å². The second-order valence-corrected chi connectivity index (χ2v) is 4.85. The van der Waals surface area contributed by atoms with Gasteiger partial charge in [-0.1, -0.05) is 42.5 Å². The summed E-state index contributed by atoms with van der Waals surface area (Å²) in [5.41, 5.74) is 1.12. The summed E-state index contributed by atoms with van der Waals surface area (Å²) in [5, 5.41) is 1.28. The van der Waals surface area contributed by atoms with E-state index >= 15 is 0 Å². The van der Waals surface area contributed by atoms with Crippen LogP contribution >= 0.6 is 0 Å². The van der Waals surface area contributed by atoms with E-state index in [1.807, 2.05) is 54.9 Å². The lowest BCUT2D eigenvalue weighted by Gasteiger charge is -2.15. The molecule has 1 heterocycles. The van der Waals surface area contributed by atoms with Crippen LogP contribution in [0.1, 0.15) is 24.2 Å². The topological polar surface area (TPSA) is 48.3 Å². The minimum absolute atomic E-state index is 0.0647. The highest BCUT2D eigenvalue weighted by Crippen LogP contribution is 2.19. The van der Waals surface area contributed by atoms with Gasteiger partial charge in [-0.3, -0.25) is 4.79 Å². The number of pyridine rings is 1. The fourth-order valence-corrected chi connectivity index (χ4v) is 2.68. The van der Waals surface area contributed by atoms with Gasteiger partial charge in [0.2, 0.25) is 5.43 Å². The molecule has 2 aromatic rings. The molecule has 0 saturated carbocycles. The van der Waals surface area contributed by atoms with E-state index in [4.69, 9.17) is 4.74 Å². The van der Waals surface area contributed by atoms with Gasteiger partial charge < -0.3 is 9.30 Å². The molecule has 0 aliphatic heterocycles. The zero-order valence-corrected chi connectivity index (χ0v) is 13.2. The molecular formula is C18H19NO3. The summed E-state index contributed by atoms with van der Waals surface area (Å²) in [5.74, 6) is -0.620. The van der Waals surface area contributed by atoms with Crippen LogP contribution in [-0.2, 0) is 11.8 Å². The smallest absolute Gasteiger partial charge is 0.344 e. The Morgan fingerprint density at radius 3 is 2.27 bits per heavy atom. The Balaban J connectivity index is 3.10. The van der Waals surface area contributed by atoms with Crippen LogP contribution in [0.25, 0.3) is 23.4 Å². The van der Waals surface area contributed by atoms with Gasteiger partial charge in [-0.15, -0.1) is 0 Å². The van der Waals surface area contributed by atoms with Crippen molar-refractivity contribution in [2.45, 2.75) is 13.8 Å². The van der Waals surface area contributed by atoms with Crippen LogP contribution in [0.3, 0.4) is 0 Å². The van der Waals surface area contributed by atoms with Gasteiger partial charge in [0.05, 0.1) is 12.8 Å². The Labute approximate surface area is 129 Å². The molecule has 0 aliphatic rings. The van der Waals surface area contributed by atoms with Crippen molar-refractivity contribution in [3.8, 4) is 11.3 Å². The average Bonchev–Trinajstić information content (AvgIpc) is 2.55. The van der Waals surface area contributed by atoms with E-state index in [1.165, 1.54) is 7.11 Å². The Morgan fingerprint density at radius 2 is 1.77 bits per heavy atom. The minimum Gasteiger partial charge on any atom is -0.465 e. The molecule has 0 aliphatic carbocycles. The molecule has 0 fully saturated rings. The zero-order chi connectivity index (χ0) is 16.3. The number of nitrogens with zero attached hydrogens (tertiary/aromatic N) is 1. The second-order valence-electron chi connectivity index (χ2n) is 4.85. The zero-order valence-electron chi connectivity index (χ0n) is 13.2. The maximum atomic E-state index is 12.8. The van der Waals surface area contributed by atoms with Crippen LogP contribution in [0.5, 0.6) is 0 Å². The van der Waals surface area contributed by atoms with Gasteiger partial charge in [-0.25, -0.2) is 4.79 Å². The molecule has 0 saturated heterocycles. The molecule has 0 spiro atoms. The highest BCUT2D eigenvalue weighted by Gasteiger charge is 2.21. The summed E-state index contributed by atoms with van der Waals surface area (Å²) in [6.07, 6.45) is 3.59. The van der Waals surface area contributed by atoms with Gasteiger partial charge in [0, 0.05) is 17.6 Å². The van der Waals surface area contributed by atoms with Gasteiger partial charge in [0.15, 0.2) is 0 Å². The van der Waals surface area contributed by atoms with Gasteiger partial charge in [-0.2, -0.15) is 0 Å². The number of benzene rings is 1. The number of hydrogen-bond acceptors (Lipinski definition) is 3. The van der Waals surface area contributed by atoms with Crippen LogP contribution in [0, 0.1) is 0 Å². The third kappa shape index (κ3) is 2.48. The minimum atomic E-state index is -0.620. The predicted molar refractivity (Wildman–Crippen MR) is 88.0 cm³/mol. The molecule has 0 unspecified atom stereocenters. The largest absolute Gasteiger partial charge is 0.465 e. The predicted octanol–water partition coefficient (Wildman–Crippen LogP) is 1.44. The van der Waals surface area contributed by atoms with Crippen molar-refractivity contribution >= 4 is 18.1 Å². The van der Waals surface area contributed by atoms with E-state index in [0.29, 0.717) is 10.9 Å². The lowest BCUT2D eigenvalue weighted by Crippen LogP contribution is -2.48. The maximum absolute atomic E-state index is 12.8. The SMILES string of the molecule is C/C=c1/c(=O)c(C(=O)OC)c(-c2ccccc2)n(C)/c1=C/C. The normalized spacial score (nSPS) is 12.5. The monoisotopic (exact) mass is 297 g/mol. The lowest BCUT2D eigenvalue weighted by atomic mass is 10.0. The lowest BCUT2D eigenvalue weighted by molar-refractivity contribution is 0.0599. The molecule has 1 aromatic carbocycles. The molecule has 0 atom stereocenters. The summed E-state index contributed by atoms with van der Waals surface area (Å²) >= 11 is 0. The Kier molecular flexibility index (Phi) is 4.61. The first-order valence-corrected chi connectivity index (χ1v) is 7.06. The number of esters is 1. The molecule has 0 amide bonds. The molecule has 0 radical (unpaired) electrons. The molecule has 0 N–H and O–H groups in total. The van der Waals surface area contributed by atoms with Gasteiger partial charge >= 0.3 is 5.97 Å². The van der Waals surface area contributed by atoms with Crippen molar-refractivity contribution in [2.24, 2.45) is 7.05 Å². The first-order chi connectivity index (χ1) is 10.6. The summed E-state index contributed by atoms with van der Waals surface area (Å²) in [7, 11) is 3.13. The molecule has 2 rings (SSSR count). The Bertz CT molecular complexity index is 877.